The average molecular weight is 336 g/mol. The van der Waals surface area contributed by atoms with Crippen LogP contribution in [0.4, 0.5) is 5.69 Å². The molecular weight excluding hydrogens is 318 g/mol. The SMILES string of the molecule is Cc1cc(N2CC(C)CNC(CC#N)C2=O)ccc1Br. The summed E-state index contributed by atoms with van der Waals surface area (Å²) in [6, 6.07) is 7.58. The molecule has 2 unspecified atom stereocenters. The van der Waals surface area contributed by atoms with Gasteiger partial charge in [-0.05, 0) is 36.6 Å². The first-order valence-electron chi connectivity index (χ1n) is 6.70. The van der Waals surface area contributed by atoms with Crippen molar-refractivity contribution in [2.45, 2.75) is 26.3 Å². The van der Waals surface area contributed by atoms with Gasteiger partial charge in [0.1, 0.15) is 6.04 Å². The Morgan fingerprint density at radius 3 is 2.95 bits per heavy atom. The van der Waals surface area contributed by atoms with Gasteiger partial charge < -0.3 is 10.2 Å². The molecular formula is C15H18BrN3O. The van der Waals surface area contributed by atoms with Crippen LogP contribution >= 0.6 is 15.9 Å². The van der Waals surface area contributed by atoms with Gasteiger partial charge in [-0.15, -0.1) is 0 Å². The Morgan fingerprint density at radius 1 is 1.55 bits per heavy atom. The predicted octanol–water partition coefficient (Wildman–Crippen LogP) is 2.61. The molecule has 1 fully saturated rings. The molecule has 4 nitrogen and oxygen atoms in total. The summed E-state index contributed by atoms with van der Waals surface area (Å²) in [5, 5.41) is 12.0. The van der Waals surface area contributed by atoms with Crippen molar-refractivity contribution in [3.05, 3.63) is 28.2 Å². The number of carbonyl (C=O) groups is 1. The Morgan fingerprint density at radius 2 is 2.30 bits per heavy atom. The van der Waals surface area contributed by atoms with Crippen LogP contribution in [-0.2, 0) is 4.79 Å². The van der Waals surface area contributed by atoms with Crippen LogP contribution in [0.15, 0.2) is 22.7 Å². The normalized spacial score (nSPS) is 23.3. The number of aryl methyl sites for hydroxylation is 1. The zero-order chi connectivity index (χ0) is 14.7. The van der Waals surface area contributed by atoms with Gasteiger partial charge in [0.15, 0.2) is 0 Å². The number of amides is 1. The molecule has 1 aliphatic heterocycles. The molecule has 1 heterocycles. The van der Waals surface area contributed by atoms with Crippen molar-refractivity contribution < 1.29 is 4.79 Å². The van der Waals surface area contributed by atoms with Crippen LogP contribution in [-0.4, -0.2) is 25.0 Å². The quantitative estimate of drug-likeness (QED) is 0.903. The van der Waals surface area contributed by atoms with E-state index in [4.69, 9.17) is 5.26 Å². The van der Waals surface area contributed by atoms with Gasteiger partial charge in [0.2, 0.25) is 5.91 Å². The zero-order valence-electron chi connectivity index (χ0n) is 11.7. The minimum atomic E-state index is -0.408. The highest BCUT2D eigenvalue weighted by molar-refractivity contribution is 9.10. The topological polar surface area (TPSA) is 56.1 Å². The van der Waals surface area contributed by atoms with Crippen molar-refractivity contribution in [2.24, 2.45) is 5.92 Å². The number of hydrogen-bond donors (Lipinski definition) is 1. The highest BCUT2D eigenvalue weighted by Gasteiger charge is 2.30. The van der Waals surface area contributed by atoms with Crippen LogP contribution < -0.4 is 10.2 Å². The van der Waals surface area contributed by atoms with Gasteiger partial charge in [0, 0.05) is 23.2 Å². The Hall–Kier alpha value is -1.38. The van der Waals surface area contributed by atoms with Gasteiger partial charge in [-0.25, -0.2) is 0 Å². The van der Waals surface area contributed by atoms with E-state index < -0.39 is 6.04 Å². The first-order chi connectivity index (χ1) is 9.52. The second-order valence-electron chi connectivity index (χ2n) is 5.31. The Kier molecular flexibility index (Phi) is 4.79. The standard InChI is InChI=1S/C15H18BrN3O/c1-10-8-18-14(5-6-17)15(20)19(9-10)12-3-4-13(16)11(2)7-12/h3-4,7,10,14,18H,5,8-9H2,1-2H3. The van der Waals surface area contributed by atoms with Crippen LogP contribution in [0, 0.1) is 24.2 Å². The van der Waals surface area contributed by atoms with Gasteiger partial charge in [0.25, 0.3) is 0 Å². The van der Waals surface area contributed by atoms with Crippen LogP contribution in [0.2, 0.25) is 0 Å². The van der Waals surface area contributed by atoms with E-state index in [2.05, 4.69) is 34.2 Å². The summed E-state index contributed by atoms with van der Waals surface area (Å²) in [5.74, 6) is 0.337. The fraction of sp³-hybridized carbons (Fsp3) is 0.467. The summed E-state index contributed by atoms with van der Waals surface area (Å²) >= 11 is 3.47. The molecule has 1 aliphatic rings. The lowest BCUT2D eigenvalue weighted by atomic mass is 10.1. The molecule has 0 bridgehead atoms. The van der Waals surface area contributed by atoms with Gasteiger partial charge in [-0.3, -0.25) is 4.79 Å². The maximum Gasteiger partial charge on any atom is 0.245 e. The lowest BCUT2D eigenvalue weighted by molar-refractivity contribution is -0.120. The van der Waals surface area contributed by atoms with E-state index in [1.165, 1.54) is 0 Å². The Bertz CT molecular complexity index is 553. The minimum absolute atomic E-state index is 0.0161. The lowest BCUT2D eigenvalue weighted by Gasteiger charge is -2.25. The Labute approximate surface area is 127 Å². The van der Waals surface area contributed by atoms with E-state index in [-0.39, 0.29) is 12.3 Å². The van der Waals surface area contributed by atoms with E-state index in [0.29, 0.717) is 12.5 Å². The highest BCUT2D eigenvalue weighted by atomic mass is 79.9. The second-order valence-corrected chi connectivity index (χ2v) is 6.16. The van der Waals surface area contributed by atoms with Gasteiger partial charge in [-0.1, -0.05) is 22.9 Å². The zero-order valence-corrected chi connectivity index (χ0v) is 13.3. The van der Waals surface area contributed by atoms with E-state index >= 15 is 0 Å². The molecule has 1 aromatic rings. The molecule has 0 spiro atoms. The fourth-order valence-electron chi connectivity index (χ4n) is 2.37. The number of carbonyl (C=O) groups excluding carboxylic acids is 1. The third-order valence-corrected chi connectivity index (χ3v) is 4.41. The number of anilines is 1. The molecule has 1 aromatic carbocycles. The highest BCUT2D eigenvalue weighted by Crippen LogP contribution is 2.25. The van der Waals surface area contributed by atoms with Crippen molar-refractivity contribution in [1.82, 2.24) is 5.32 Å². The summed E-state index contributed by atoms with van der Waals surface area (Å²) in [6.07, 6.45) is 0.206. The first-order valence-corrected chi connectivity index (χ1v) is 7.50. The fourth-order valence-corrected chi connectivity index (χ4v) is 2.61. The molecule has 0 saturated carbocycles. The van der Waals surface area contributed by atoms with Crippen molar-refractivity contribution in [3.63, 3.8) is 0 Å². The number of benzene rings is 1. The number of rotatable bonds is 2. The molecule has 20 heavy (non-hydrogen) atoms. The second kappa shape index (κ2) is 6.38. The van der Waals surface area contributed by atoms with Crippen molar-refractivity contribution in [1.29, 1.82) is 5.26 Å². The number of nitriles is 1. The number of nitrogens with zero attached hydrogens (tertiary/aromatic N) is 2. The molecule has 0 aliphatic carbocycles. The number of hydrogen-bond acceptors (Lipinski definition) is 3. The van der Waals surface area contributed by atoms with Gasteiger partial charge in [-0.2, -0.15) is 5.26 Å². The summed E-state index contributed by atoms with van der Waals surface area (Å²) in [4.78, 5) is 14.4. The molecule has 1 N–H and O–H groups in total. The van der Waals surface area contributed by atoms with Crippen LogP contribution in [0.1, 0.15) is 18.9 Å². The molecule has 1 amide bonds. The van der Waals surface area contributed by atoms with E-state index in [0.717, 1.165) is 22.3 Å². The van der Waals surface area contributed by atoms with Crippen LogP contribution in [0.5, 0.6) is 0 Å². The summed E-state index contributed by atoms with van der Waals surface area (Å²) < 4.78 is 1.03. The maximum atomic E-state index is 12.6. The van der Waals surface area contributed by atoms with Gasteiger partial charge >= 0.3 is 0 Å². The average Bonchev–Trinajstić information content (AvgIpc) is 2.55. The number of halogens is 1. The van der Waals surface area contributed by atoms with Crippen LogP contribution in [0.25, 0.3) is 0 Å². The summed E-state index contributed by atoms with van der Waals surface area (Å²) in [6.45, 7) is 5.54. The molecule has 106 valence electrons. The lowest BCUT2D eigenvalue weighted by Crippen LogP contribution is -2.43. The molecule has 0 radical (unpaired) electrons. The molecule has 0 aromatic heterocycles. The van der Waals surface area contributed by atoms with E-state index in [1.807, 2.05) is 25.1 Å². The van der Waals surface area contributed by atoms with E-state index in [1.54, 1.807) is 4.90 Å². The van der Waals surface area contributed by atoms with Crippen molar-refractivity contribution >= 4 is 27.5 Å². The third-order valence-electron chi connectivity index (χ3n) is 3.52. The van der Waals surface area contributed by atoms with Crippen molar-refractivity contribution in [3.8, 4) is 6.07 Å². The van der Waals surface area contributed by atoms with E-state index in [9.17, 15) is 4.79 Å². The monoisotopic (exact) mass is 335 g/mol. The molecule has 5 heteroatoms. The third kappa shape index (κ3) is 3.20. The molecule has 1 saturated heterocycles. The summed E-state index contributed by atoms with van der Waals surface area (Å²) in [5.41, 5.74) is 1.99. The van der Waals surface area contributed by atoms with Crippen LogP contribution in [0.3, 0.4) is 0 Å². The predicted molar refractivity (Wildman–Crippen MR) is 82.4 cm³/mol. The molecule has 2 rings (SSSR count). The Balaban J connectivity index is 2.33. The van der Waals surface area contributed by atoms with Gasteiger partial charge in [0.05, 0.1) is 12.5 Å². The minimum Gasteiger partial charge on any atom is -0.311 e. The smallest absolute Gasteiger partial charge is 0.245 e. The number of nitrogens with one attached hydrogen (secondary N) is 1. The maximum absolute atomic E-state index is 12.6. The molecule has 2 atom stereocenters. The first kappa shape index (κ1) is 15.0. The van der Waals surface area contributed by atoms with Crippen molar-refractivity contribution in [2.75, 3.05) is 18.0 Å². The summed E-state index contributed by atoms with van der Waals surface area (Å²) in [7, 11) is 0. The largest absolute Gasteiger partial charge is 0.311 e.